The fourth-order valence-electron chi connectivity index (χ4n) is 2.73. The topological polar surface area (TPSA) is 110 Å². The van der Waals surface area contributed by atoms with Crippen molar-refractivity contribution in [3.05, 3.63) is 17.0 Å². The first kappa shape index (κ1) is 18.3. The molecular weight excluding hydrogens is 332 g/mol. The highest BCUT2D eigenvalue weighted by molar-refractivity contribution is 6.28. The maximum Gasteiger partial charge on any atom is 0.405 e. The van der Waals surface area contributed by atoms with E-state index in [4.69, 9.17) is 22.1 Å². The molecule has 24 heavy (non-hydrogen) atoms. The number of aliphatic hydroxyl groups excluding tert-OH is 1. The van der Waals surface area contributed by atoms with Gasteiger partial charge in [-0.15, -0.1) is 0 Å². The molecule has 0 radical (unpaired) electrons. The lowest BCUT2D eigenvalue weighted by Crippen LogP contribution is -2.44. The van der Waals surface area contributed by atoms with E-state index < -0.39 is 17.7 Å². The number of carbonyl (C=O) groups is 1. The lowest BCUT2D eigenvalue weighted by atomic mass is 9.82. The Morgan fingerprint density at radius 3 is 2.88 bits per heavy atom. The first-order chi connectivity index (χ1) is 11.4. The second-order valence-electron chi connectivity index (χ2n) is 5.87. The van der Waals surface area contributed by atoms with Crippen LogP contribution >= 0.6 is 11.6 Å². The van der Waals surface area contributed by atoms with Crippen molar-refractivity contribution in [3.63, 3.8) is 0 Å². The Balaban J connectivity index is 2.24. The summed E-state index contributed by atoms with van der Waals surface area (Å²) in [5.41, 5.74) is 5.04. The molecule has 1 heterocycles. The van der Waals surface area contributed by atoms with Gasteiger partial charge in [-0.2, -0.15) is 4.98 Å². The fraction of sp³-hybridized carbons (Fsp3) is 0.562. The molecule has 0 aliphatic heterocycles. The summed E-state index contributed by atoms with van der Waals surface area (Å²) in [7, 11) is 0. The molecule has 1 saturated carbocycles. The zero-order valence-electron chi connectivity index (χ0n) is 13.5. The Hall–Kier alpha value is -2.04. The molecule has 7 nitrogen and oxygen atoms in total. The van der Waals surface area contributed by atoms with Gasteiger partial charge in [-0.25, -0.2) is 9.78 Å². The van der Waals surface area contributed by atoms with Gasteiger partial charge in [0, 0.05) is 6.20 Å². The molecule has 2 rings (SSSR count). The maximum atomic E-state index is 10.7. The third kappa shape index (κ3) is 4.98. The Morgan fingerprint density at radius 2 is 2.25 bits per heavy atom. The fourth-order valence-corrected chi connectivity index (χ4v) is 2.87. The number of amides is 1. The van der Waals surface area contributed by atoms with E-state index in [0.29, 0.717) is 11.4 Å². The van der Waals surface area contributed by atoms with Crippen LogP contribution in [-0.4, -0.2) is 39.4 Å². The van der Waals surface area contributed by atoms with Crippen LogP contribution in [-0.2, 0) is 4.74 Å². The predicted octanol–water partition coefficient (Wildman–Crippen LogP) is 2.07. The summed E-state index contributed by atoms with van der Waals surface area (Å²) in [6.45, 7) is 1.61. The number of primary amides is 1. The van der Waals surface area contributed by atoms with E-state index in [-0.39, 0.29) is 11.9 Å². The molecular formula is C16H21ClN4O3. The number of nitrogens with one attached hydrogen (secondary N) is 1. The van der Waals surface area contributed by atoms with Gasteiger partial charge in [0.25, 0.3) is 0 Å². The number of hydrogen-bond acceptors (Lipinski definition) is 6. The predicted molar refractivity (Wildman–Crippen MR) is 90.6 cm³/mol. The monoisotopic (exact) mass is 352 g/mol. The molecule has 0 unspecified atom stereocenters. The first-order valence-electron chi connectivity index (χ1n) is 7.83. The Kier molecular flexibility index (Phi) is 6.23. The molecule has 0 aromatic carbocycles. The molecule has 1 fully saturated rings. The van der Waals surface area contributed by atoms with Crippen LogP contribution in [0.25, 0.3) is 0 Å². The van der Waals surface area contributed by atoms with Crippen molar-refractivity contribution in [2.45, 2.75) is 50.7 Å². The summed E-state index contributed by atoms with van der Waals surface area (Å²) in [6.07, 6.45) is 4.88. The lowest BCUT2D eigenvalue weighted by Gasteiger charge is -2.37. The summed E-state index contributed by atoms with van der Waals surface area (Å²) < 4.78 is 4.76. The normalized spacial score (nSPS) is 17.3. The third-order valence-corrected chi connectivity index (χ3v) is 4.14. The number of ether oxygens (including phenoxy) is 1. The summed E-state index contributed by atoms with van der Waals surface area (Å²) >= 11 is 5.90. The first-order valence-corrected chi connectivity index (χ1v) is 8.21. The van der Waals surface area contributed by atoms with E-state index in [1.54, 1.807) is 6.92 Å². The molecule has 0 spiro atoms. The van der Waals surface area contributed by atoms with Crippen molar-refractivity contribution in [2.75, 3.05) is 11.9 Å². The molecule has 130 valence electrons. The average molecular weight is 353 g/mol. The van der Waals surface area contributed by atoms with E-state index in [2.05, 4.69) is 27.1 Å². The van der Waals surface area contributed by atoms with Crippen molar-refractivity contribution in [1.29, 1.82) is 0 Å². The number of nitrogens with zero attached hydrogens (tertiary/aromatic N) is 2. The standard InChI is InChI=1S/C16H21ClN4O3/c1-11(24-15(18)23)5-6-12-9-19-14(17)20-13(12)21-16(10-22)7-3-2-4-8-16/h9,11,22H,2-4,7-8,10H2,1H3,(H2,18,23)(H,19,20,21)/t11-/m1/s1. The van der Waals surface area contributed by atoms with Gasteiger partial charge in [0.1, 0.15) is 5.82 Å². The number of nitrogens with two attached hydrogens (primary N) is 1. The summed E-state index contributed by atoms with van der Waals surface area (Å²) in [6, 6.07) is 0. The van der Waals surface area contributed by atoms with Gasteiger partial charge in [0.15, 0.2) is 6.10 Å². The van der Waals surface area contributed by atoms with E-state index in [0.717, 1.165) is 32.1 Å². The van der Waals surface area contributed by atoms with Crippen LogP contribution in [0.1, 0.15) is 44.6 Å². The van der Waals surface area contributed by atoms with Gasteiger partial charge in [-0.3, -0.25) is 0 Å². The van der Waals surface area contributed by atoms with E-state index >= 15 is 0 Å². The summed E-state index contributed by atoms with van der Waals surface area (Å²) in [4.78, 5) is 18.9. The molecule has 0 saturated heterocycles. The summed E-state index contributed by atoms with van der Waals surface area (Å²) in [5, 5.41) is 13.2. The van der Waals surface area contributed by atoms with Crippen LogP contribution in [0, 0.1) is 11.8 Å². The van der Waals surface area contributed by atoms with Crippen molar-refractivity contribution in [1.82, 2.24) is 9.97 Å². The minimum absolute atomic E-state index is 0.00266. The Bertz CT molecular complexity index is 650. The largest absolute Gasteiger partial charge is 0.433 e. The van der Waals surface area contributed by atoms with Gasteiger partial charge in [0.05, 0.1) is 17.7 Å². The number of rotatable bonds is 4. The molecule has 8 heteroatoms. The molecule has 1 aromatic rings. The summed E-state index contributed by atoms with van der Waals surface area (Å²) in [5.74, 6) is 6.09. The lowest BCUT2D eigenvalue weighted by molar-refractivity contribution is 0.141. The number of aliphatic hydroxyl groups is 1. The highest BCUT2D eigenvalue weighted by Gasteiger charge is 2.32. The van der Waals surface area contributed by atoms with Crippen molar-refractivity contribution in [2.24, 2.45) is 5.73 Å². The molecule has 1 aliphatic carbocycles. The zero-order chi connectivity index (χ0) is 17.6. The van der Waals surface area contributed by atoms with Crippen LogP contribution in [0.2, 0.25) is 5.28 Å². The highest BCUT2D eigenvalue weighted by atomic mass is 35.5. The van der Waals surface area contributed by atoms with Crippen LogP contribution in [0.15, 0.2) is 6.20 Å². The quantitative estimate of drug-likeness (QED) is 0.565. The van der Waals surface area contributed by atoms with Gasteiger partial charge >= 0.3 is 6.09 Å². The number of carbonyl (C=O) groups excluding carboxylic acids is 1. The SMILES string of the molecule is C[C@H](C#Cc1cnc(Cl)nc1NC1(CO)CCCCC1)OC(N)=O. The average Bonchev–Trinajstić information content (AvgIpc) is 2.54. The zero-order valence-corrected chi connectivity index (χ0v) is 14.3. The Labute approximate surface area is 146 Å². The van der Waals surface area contributed by atoms with Gasteiger partial charge in [-0.1, -0.05) is 31.1 Å². The molecule has 1 aromatic heterocycles. The van der Waals surface area contributed by atoms with Crippen molar-refractivity contribution in [3.8, 4) is 11.8 Å². The number of aromatic nitrogens is 2. The second kappa shape index (κ2) is 8.18. The molecule has 1 aliphatic rings. The van der Waals surface area contributed by atoms with E-state index in [1.165, 1.54) is 6.20 Å². The van der Waals surface area contributed by atoms with Gasteiger partial charge in [0.2, 0.25) is 5.28 Å². The number of hydrogen-bond donors (Lipinski definition) is 3. The van der Waals surface area contributed by atoms with Crippen LogP contribution < -0.4 is 11.1 Å². The van der Waals surface area contributed by atoms with Gasteiger partial charge < -0.3 is 20.9 Å². The smallest absolute Gasteiger partial charge is 0.405 e. The van der Waals surface area contributed by atoms with Crippen LogP contribution in [0.5, 0.6) is 0 Å². The molecule has 1 amide bonds. The minimum atomic E-state index is -0.885. The second-order valence-corrected chi connectivity index (χ2v) is 6.21. The van der Waals surface area contributed by atoms with Crippen LogP contribution in [0.4, 0.5) is 10.6 Å². The Morgan fingerprint density at radius 1 is 1.54 bits per heavy atom. The molecule has 0 bridgehead atoms. The third-order valence-electron chi connectivity index (χ3n) is 3.96. The van der Waals surface area contributed by atoms with Crippen molar-refractivity contribution < 1.29 is 14.6 Å². The number of halogens is 1. The highest BCUT2D eigenvalue weighted by Crippen LogP contribution is 2.31. The molecule has 1 atom stereocenters. The number of anilines is 1. The van der Waals surface area contributed by atoms with E-state index in [1.807, 2.05) is 0 Å². The van der Waals surface area contributed by atoms with Crippen molar-refractivity contribution >= 4 is 23.5 Å². The minimum Gasteiger partial charge on any atom is -0.433 e. The van der Waals surface area contributed by atoms with E-state index in [9.17, 15) is 9.90 Å². The maximum absolute atomic E-state index is 10.7. The van der Waals surface area contributed by atoms with Gasteiger partial charge in [-0.05, 0) is 31.4 Å². The van der Waals surface area contributed by atoms with Crippen LogP contribution in [0.3, 0.4) is 0 Å². The molecule has 4 N–H and O–H groups in total.